The predicted molar refractivity (Wildman–Crippen MR) is 93.7 cm³/mol. The van der Waals surface area contributed by atoms with Crippen LogP contribution in [0.5, 0.6) is 0 Å². The Labute approximate surface area is 153 Å². The molecule has 0 saturated carbocycles. The third-order valence-corrected chi connectivity index (χ3v) is 5.33. The molecule has 0 saturated heterocycles. The maximum atomic E-state index is 13.9. The molecule has 0 bridgehead atoms. The largest absolute Gasteiger partial charge is 0.279 e. The number of hydrogen-bond donors (Lipinski definition) is 1. The van der Waals surface area contributed by atoms with Crippen molar-refractivity contribution in [2.75, 3.05) is 4.72 Å². The van der Waals surface area contributed by atoms with Gasteiger partial charge in [-0.3, -0.25) is 4.72 Å². The summed E-state index contributed by atoms with van der Waals surface area (Å²) in [6.07, 6.45) is 0. The predicted octanol–water partition coefficient (Wildman–Crippen LogP) is 5.02. The first-order chi connectivity index (χ1) is 12.7. The van der Waals surface area contributed by atoms with Gasteiger partial charge in [0.05, 0.1) is 10.6 Å². The molecule has 0 heterocycles. The van der Waals surface area contributed by atoms with Crippen LogP contribution in [0.2, 0.25) is 0 Å². The van der Waals surface area contributed by atoms with Gasteiger partial charge >= 0.3 is 0 Å². The maximum absolute atomic E-state index is 13.9. The maximum Gasteiger partial charge on any atom is 0.261 e. The summed E-state index contributed by atoms with van der Waals surface area (Å²) in [5.41, 5.74) is -0.931. The summed E-state index contributed by atoms with van der Waals surface area (Å²) in [6.45, 7) is 1.22. The molecule has 0 spiro atoms. The Bertz CT molecular complexity index is 1090. The molecule has 3 nitrogen and oxygen atoms in total. The van der Waals surface area contributed by atoms with Gasteiger partial charge in [0.1, 0.15) is 11.6 Å². The first kappa shape index (κ1) is 18.9. The molecule has 3 rings (SSSR count). The van der Waals surface area contributed by atoms with E-state index >= 15 is 0 Å². The van der Waals surface area contributed by atoms with E-state index in [1.807, 2.05) is 0 Å². The molecule has 3 aromatic rings. The summed E-state index contributed by atoms with van der Waals surface area (Å²) in [6, 6.07) is 10.4. The monoisotopic (exact) mass is 395 g/mol. The summed E-state index contributed by atoms with van der Waals surface area (Å²) >= 11 is 0. The van der Waals surface area contributed by atoms with Gasteiger partial charge in [-0.25, -0.2) is 26.0 Å². The molecular formula is C19H13F4NO2S. The van der Waals surface area contributed by atoms with Crippen molar-refractivity contribution in [3.8, 4) is 11.1 Å². The summed E-state index contributed by atoms with van der Waals surface area (Å²) in [7, 11) is -4.13. The number of halogens is 4. The molecule has 0 atom stereocenters. The van der Waals surface area contributed by atoms with E-state index in [9.17, 15) is 26.0 Å². The molecule has 0 fully saturated rings. The van der Waals surface area contributed by atoms with Crippen molar-refractivity contribution in [2.24, 2.45) is 0 Å². The molecule has 0 aliphatic carbocycles. The summed E-state index contributed by atoms with van der Waals surface area (Å²) in [4.78, 5) is -0.109. The van der Waals surface area contributed by atoms with Crippen molar-refractivity contribution in [1.82, 2.24) is 0 Å². The second-order valence-corrected chi connectivity index (χ2v) is 7.48. The Morgan fingerprint density at radius 3 is 1.93 bits per heavy atom. The molecule has 0 aromatic heterocycles. The van der Waals surface area contributed by atoms with Crippen LogP contribution in [0, 0.1) is 30.2 Å². The highest BCUT2D eigenvalue weighted by Crippen LogP contribution is 2.33. The van der Waals surface area contributed by atoms with Gasteiger partial charge < -0.3 is 0 Å². The second kappa shape index (κ2) is 7.03. The zero-order valence-corrected chi connectivity index (χ0v) is 14.7. The van der Waals surface area contributed by atoms with Crippen LogP contribution in [0.25, 0.3) is 11.1 Å². The van der Waals surface area contributed by atoms with Crippen LogP contribution >= 0.6 is 0 Å². The van der Waals surface area contributed by atoms with Crippen LogP contribution in [0.1, 0.15) is 5.56 Å². The highest BCUT2D eigenvalue weighted by Gasteiger charge is 2.20. The van der Waals surface area contributed by atoms with E-state index in [1.54, 1.807) is 6.07 Å². The summed E-state index contributed by atoms with van der Waals surface area (Å²) in [5.74, 6) is -4.38. The number of anilines is 1. The molecule has 140 valence electrons. The minimum Gasteiger partial charge on any atom is -0.279 e. The second-order valence-electron chi connectivity index (χ2n) is 5.80. The van der Waals surface area contributed by atoms with E-state index in [-0.39, 0.29) is 27.3 Å². The lowest BCUT2D eigenvalue weighted by Gasteiger charge is -2.14. The fourth-order valence-corrected chi connectivity index (χ4v) is 3.57. The third kappa shape index (κ3) is 3.80. The summed E-state index contributed by atoms with van der Waals surface area (Å²) < 4.78 is 82.4. The van der Waals surface area contributed by atoms with Crippen molar-refractivity contribution in [3.05, 3.63) is 83.4 Å². The number of nitrogens with one attached hydrogen (secondary N) is 1. The smallest absolute Gasteiger partial charge is 0.261 e. The SMILES string of the molecule is Cc1c(F)cc(-c2cc(F)c(F)cc2NS(=O)(=O)c2ccccc2)cc1F. The molecule has 0 amide bonds. The molecule has 27 heavy (non-hydrogen) atoms. The van der Waals surface area contributed by atoms with Crippen LogP contribution in [0.15, 0.2) is 59.5 Å². The van der Waals surface area contributed by atoms with Gasteiger partial charge in [0.2, 0.25) is 0 Å². The van der Waals surface area contributed by atoms with Gasteiger partial charge in [-0.2, -0.15) is 0 Å². The zero-order valence-electron chi connectivity index (χ0n) is 13.9. The lowest BCUT2D eigenvalue weighted by molar-refractivity contribution is 0.509. The Morgan fingerprint density at radius 2 is 1.33 bits per heavy atom. The van der Waals surface area contributed by atoms with E-state index < -0.39 is 33.3 Å². The van der Waals surface area contributed by atoms with Crippen molar-refractivity contribution < 1.29 is 26.0 Å². The molecule has 0 aliphatic rings. The first-order valence-electron chi connectivity index (χ1n) is 7.72. The fraction of sp³-hybridized carbons (Fsp3) is 0.0526. The van der Waals surface area contributed by atoms with Crippen LogP contribution in [0.3, 0.4) is 0 Å². The molecule has 0 aliphatic heterocycles. The van der Waals surface area contributed by atoms with E-state index in [0.29, 0.717) is 12.1 Å². The van der Waals surface area contributed by atoms with Gasteiger partial charge in [0.15, 0.2) is 11.6 Å². The Morgan fingerprint density at radius 1 is 0.778 bits per heavy atom. The average molecular weight is 395 g/mol. The molecular weight excluding hydrogens is 382 g/mol. The van der Waals surface area contributed by atoms with Gasteiger partial charge in [-0.1, -0.05) is 18.2 Å². The molecule has 8 heteroatoms. The molecule has 0 unspecified atom stereocenters. The van der Waals surface area contributed by atoms with Crippen molar-refractivity contribution in [3.63, 3.8) is 0 Å². The number of hydrogen-bond acceptors (Lipinski definition) is 2. The molecule has 1 N–H and O–H groups in total. The standard InChI is InChI=1S/C19H13F4NO2S/c1-11-15(20)7-12(8-16(11)21)14-9-17(22)18(23)10-19(14)24-27(25,26)13-5-3-2-4-6-13/h2-10,24H,1H3. The topological polar surface area (TPSA) is 46.2 Å². The van der Waals surface area contributed by atoms with Crippen molar-refractivity contribution in [2.45, 2.75) is 11.8 Å². The van der Waals surface area contributed by atoms with E-state index in [2.05, 4.69) is 4.72 Å². The van der Waals surface area contributed by atoms with Gasteiger partial charge in [0.25, 0.3) is 10.0 Å². The fourth-order valence-electron chi connectivity index (χ4n) is 2.47. The van der Waals surface area contributed by atoms with Crippen LogP contribution in [-0.4, -0.2) is 8.42 Å². The van der Waals surface area contributed by atoms with Crippen molar-refractivity contribution in [1.29, 1.82) is 0 Å². The van der Waals surface area contributed by atoms with E-state index in [4.69, 9.17) is 0 Å². The highest BCUT2D eigenvalue weighted by molar-refractivity contribution is 7.92. The number of sulfonamides is 1. The number of benzene rings is 3. The number of rotatable bonds is 4. The van der Waals surface area contributed by atoms with Gasteiger partial charge in [-0.05, 0) is 42.8 Å². The molecule has 0 radical (unpaired) electrons. The minimum absolute atomic E-state index is 0.109. The third-order valence-electron chi connectivity index (χ3n) is 3.95. The van der Waals surface area contributed by atoms with E-state index in [0.717, 1.165) is 12.1 Å². The normalized spacial score (nSPS) is 11.4. The Kier molecular flexibility index (Phi) is 4.93. The Balaban J connectivity index is 2.16. The zero-order chi connectivity index (χ0) is 19.8. The van der Waals surface area contributed by atoms with Gasteiger partial charge in [0, 0.05) is 17.2 Å². The Hall–Kier alpha value is -2.87. The highest BCUT2D eigenvalue weighted by atomic mass is 32.2. The summed E-state index contributed by atoms with van der Waals surface area (Å²) in [5, 5.41) is 0. The molecule has 3 aromatic carbocycles. The van der Waals surface area contributed by atoms with Crippen LogP contribution in [-0.2, 0) is 10.0 Å². The van der Waals surface area contributed by atoms with Crippen molar-refractivity contribution >= 4 is 15.7 Å². The van der Waals surface area contributed by atoms with Gasteiger partial charge in [-0.15, -0.1) is 0 Å². The average Bonchev–Trinajstić information content (AvgIpc) is 2.62. The first-order valence-corrected chi connectivity index (χ1v) is 9.20. The lowest BCUT2D eigenvalue weighted by atomic mass is 10.0. The minimum atomic E-state index is -4.13. The van der Waals surface area contributed by atoms with Crippen LogP contribution in [0.4, 0.5) is 23.2 Å². The quantitative estimate of drug-likeness (QED) is 0.631. The lowest BCUT2D eigenvalue weighted by Crippen LogP contribution is -2.14. The van der Waals surface area contributed by atoms with Crippen LogP contribution < -0.4 is 4.72 Å². The van der Waals surface area contributed by atoms with E-state index in [1.165, 1.54) is 31.2 Å².